The van der Waals surface area contributed by atoms with Crippen molar-refractivity contribution in [1.82, 2.24) is 10.4 Å². The lowest BCUT2D eigenvalue weighted by Crippen LogP contribution is -2.32. The number of hydrazine groups is 1. The van der Waals surface area contributed by atoms with Crippen molar-refractivity contribution in [2.24, 2.45) is 0 Å². The minimum Gasteiger partial charge on any atom is -0.500 e. The second-order valence-corrected chi connectivity index (χ2v) is 5.45. The third kappa shape index (κ3) is 1.84. The van der Waals surface area contributed by atoms with E-state index < -0.39 is 11.7 Å². The number of urea groups is 1. The van der Waals surface area contributed by atoms with E-state index in [2.05, 4.69) is 5.43 Å². The molecule has 1 fully saturated rings. The number of carbonyl (C=O) groups excluding carboxylic acids is 2. The maximum atomic E-state index is 12.9. The molecule has 0 aliphatic carbocycles. The molecule has 1 saturated heterocycles. The van der Waals surface area contributed by atoms with Crippen LogP contribution in [0.2, 0.25) is 0 Å². The highest BCUT2D eigenvalue weighted by Gasteiger charge is 2.42. The highest BCUT2D eigenvalue weighted by atomic mass is 16.3. The zero-order valence-electron chi connectivity index (χ0n) is 12.8. The van der Waals surface area contributed by atoms with Crippen molar-refractivity contribution >= 4 is 29.0 Å². The molecule has 2 aromatic rings. The van der Waals surface area contributed by atoms with Crippen LogP contribution in [-0.4, -0.2) is 29.1 Å². The van der Waals surface area contributed by atoms with E-state index in [-0.39, 0.29) is 11.9 Å². The fourth-order valence-electron chi connectivity index (χ4n) is 2.88. The molecule has 24 heavy (non-hydrogen) atoms. The van der Waals surface area contributed by atoms with Crippen molar-refractivity contribution in [3.8, 4) is 0 Å². The van der Waals surface area contributed by atoms with Crippen molar-refractivity contribution < 1.29 is 14.7 Å². The van der Waals surface area contributed by atoms with Gasteiger partial charge in [-0.05, 0) is 24.3 Å². The lowest BCUT2D eigenvalue weighted by Gasteiger charge is -2.24. The van der Waals surface area contributed by atoms with Gasteiger partial charge in [-0.2, -0.15) is 0 Å². The molecule has 0 aromatic heterocycles. The van der Waals surface area contributed by atoms with E-state index in [0.29, 0.717) is 17.1 Å². The molecule has 2 aliphatic heterocycles. The van der Waals surface area contributed by atoms with Gasteiger partial charge in [-0.25, -0.2) is 14.7 Å². The summed E-state index contributed by atoms with van der Waals surface area (Å²) in [6.07, 6.45) is 0. The minimum absolute atomic E-state index is 0.0541. The van der Waals surface area contributed by atoms with Crippen LogP contribution < -0.4 is 15.2 Å². The molecule has 3 amide bonds. The predicted octanol–water partition coefficient (Wildman–Crippen LogP) is 2.47. The molecule has 0 unspecified atom stereocenters. The topological polar surface area (TPSA) is 76.1 Å². The van der Waals surface area contributed by atoms with Crippen LogP contribution >= 0.6 is 0 Å². The molecule has 2 aliphatic rings. The van der Waals surface area contributed by atoms with E-state index >= 15 is 0 Å². The largest absolute Gasteiger partial charge is 0.500 e. The molecule has 7 heteroatoms. The average molecular weight is 322 g/mol. The number of aliphatic hydroxyl groups excluding tert-OH is 1. The first-order valence-corrected chi connectivity index (χ1v) is 7.36. The summed E-state index contributed by atoms with van der Waals surface area (Å²) in [5.74, 6) is -1.08. The number of para-hydroxylation sites is 3. The highest BCUT2D eigenvalue weighted by molar-refractivity contribution is 6.16. The summed E-state index contributed by atoms with van der Waals surface area (Å²) >= 11 is 0. The smallest absolute Gasteiger partial charge is 0.348 e. The molecule has 0 spiro atoms. The van der Waals surface area contributed by atoms with Gasteiger partial charge < -0.3 is 5.11 Å². The number of amides is 3. The molecular weight excluding hydrogens is 308 g/mol. The van der Waals surface area contributed by atoms with Crippen LogP contribution in [0.4, 0.5) is 21.9 Å². The molecular formula is C17H14N4O3. The van der Waals surface area contributed by atoms with Crippen LogP contribution in [0.3, 0.4) is 0 Å². The zero-order chi connectivity index (χ0) is 16.8. The molecule has 0 radical (unpaired) electrons. The van der Waals surface area contributed by atoms with Crippen molar-refractivity contribution in [3.05, 3.63) is 66.2 Å². The maximum absolute atomic E-state index is 12.9. The Hall–Kier alpha value is -3.48. The van der Waals surface area contributed by atoms with Gasteiger partial charge in [0.05, 0.1) is 11.4 Å². The number of carbonyl (C=O) groups is 2. The van der Waals surface area contributed by atoms with Crippen LogP contribution in [0.15, 0.2) is 66.2 Å². The first kappa shape index (κ1) is 14.1. The van der Waals surface area contributed by atoms with Gasteiger partial charge in [-0.15, -0.1) is 0 Å². The standard InChI is InChI=1S/C17H14N4O3/c1-19-17(24)21-13-10-6-5-9-12(13)20(11-7-3-2-4-8-11)16(23)14(22)15(21)18-19/h2-10,18,22H,1H3. The van der Waals surface area contributed by atoms with Crippen molar-refractivity contribution in [2.45, 2.75) is 0 Å². The van der Waals surface area contributed by atoms with E-state index in [0.717, 1.165) is 0 Å². The highest BCUT2D eigenvalue weighted by Crippen LogP contribution is 2.41. The molecule has 0 atom stereocenters. The monoisotopic (exact) mass is 322 g/mol. The van der Waals surface area contributed by atoms with Gasteiger partial charge in [0, 0.05) is 12.7 Å². The Morgan fingerprint density at radius 1 is 0.875 bits per heavy atom. The summed E-state index contributed by atoms with van der Waals surface area (Å²) in [4.78, 5) is 28.0. The van der Waals surface area contributed by atoms with Gasteiger partial charge in [0.2, 0.25) is 5.76 Å². The van der Waals surface area contributed by atoms with E-state index in [1.807, 2.05) is 6.07 Å². The zero-order valence-corrected chi connectivity index (χ0v) is 12.8. The number of aliphatic hydroxyl groups is 1. The number of hydrogen-bond acceptors (Lipinski definition) is 4. The Kier molecular flexibility index (Phi) is 2.96. The Balaban J connectivity index is 2.00. The molecule has 120 valence electrons. The van der Waals surface area contributed by atoms with Gasteiger partial charge in [0.15, 0.2) is 5.82 Å². The molecule has 4 rings (SSSR count). The number of hydrogen-bond donors (Lipinski definition) is 2. The van der Waals surface area contributed by atoms with Crippen LogP contribution in [0.1, 0.15) is 0 Å². The number of fused-ring (bicyclic) bond motifs is 3. The van der Waals surface area contributed by atoms with Gasteiger partial charge >= 0.3 is 11.9 Å². The van der Waals surface area contributed by atoms with Gasteiger partial charge in [-0.1, -0.05) is 30.3 Å². The number of nitrogens with one attached hydrogen (secondary N) is 1. The molecule has 2 heterocycles. The summed E-state index contributed by atoms with van der Waals surface area (Å²) in [5.41, 5.74) is 4.36. The van der Waals surface area contributed by atoms with Gasteiger partial charge in [-0.3, -0.25) is 15.1 Å². The molecule has 2 aromatic carbocycles. The number of anilines is 3. The van der Waals surface area contributed by atoms with Crippen molar-refractivity contribution in [1.29, 1.82) is 0 Å². The van der Waals surface area contributed by atoms with Crippen LogP contribution in [0.25, 0.3) is 0 Å². The predicted molar refractivity (Wildman–Crippen MR) is 88.5 cm³/mol. The van der Waals surface area contributed by atoms with Crippen molar-refractivity contribution in [2.75, 3.05) is 16.8 Å². The third-order valence-electron chi connectivity index (χ3n) is 3.98. The molecule has 0 saturated carbocycles. The Labute approximate surface area is 138 Å². The lowest BCUT2D eigenvalue weighted by atomic mass is 10.2. The Morgan fingerprint density at radius 2 is 1.46 bits per heavy atom. The number of benzene rings is 2. The molecule has 2 N–H and O–H groups in total. The first-order chi connectivity index (χ1) is 11.6. The van der Waals surface area contributed by atoms with E-state index in [9.17, 15) is 14.7 Å². The first-order valence-electron chi connectivity index (χ1n) is 7.36. The number of nitrogens with zero attached hydrogens (tertiary/aromatic N) is 3. The van der Waals surface area contributed by atoms with Gasteiger partial charge in [0.1, 0.15) is 0 Å². The Morgan fingerprint density at radius 3 is 2.12 bits per heavy atom. The maximum Gasteiger partial charge on any atom is 0.348 e. The van der Waals surface area contributed by atoms with E-state index in [4.69, 9.17) is 0 Å². The lowest BCUT2D eigenvalue weighted by molar-refractivity contribution is -0.116. The van der Waals surface area contributed by atoms with Crippen LogP contribution in [0, 0.1) is 0 Å². The fraction of sp³-hybridized carbons (Fsp3) is 0.0588. The summed E-state index contributed by atoms with van der Waals surface area (Å²) < 4.78 is 0. The molecule has 0 bridgehead atoms. The SMILES string of the molecule is CN1NC2=C(O)C(=O)N(c3ccccc3)c3ccccc3N2C1=O. The molecule has 7 nitrogen and oxygen atoms in total. The second-order valence-electron chi connectivity index (χ2n) is 5.45. The van der Waals surface area contributed by atoms with Crippen LogP contribution in [0.5, 0.6) is 0 Å². The van der Waals surface area contributed by atoms with E-state index in [1.54, 1.807) is 48.5 Å². The Bertz CT molecular complexity index is 878. The summed E-state index contributed by atoms with van der Waals surface area (Å²) in [7, 11) is 1.53. The number of rotatable bonds is 1. The summed E-state index contributed by atoms with van der Waals surface area (Å²) in [5, 5.41) is 11.7. The normalized spacial score (nSPS) is 16.8. The average Bonchev–Trinajstić information content (AvgIpc) is 2.86. The summed E-state index contributed by atoms with van der Waals surface area (Å²) in [6.45, 7) is 0. The van der Waals surface area contributed by atoms with Crippen molar-refractivity contribution in [3.63, 3.8) is 0 Å². The van der Waals surface area contributed by atoms with Crippen LogP contribution in [-0.2, 0) is 4.79 Å². The fourth-order valence-corrected chi connectivity index (χ4v) is 2.88. The summed E-state index contributed by atoms with van der Waals surface area (Å²) in [6, 6.07) is 15.6. The minimum atomic E-state index is -0.609. The van der Waals surface area contributed by atoms with E-state index in [1.165, 1.54) is 21.9 Å². The quantitative estimate of drug-likeness (QED) is 0.846. The van der Waals surface area contributed by atoms with Gasteiger partial charge in [0.25, 0.3) is 0 Å². The second kappa shape index (κ2) is 5.02. The third-order valence-corrected chi connectivity index (χ3v) is 3.98.